The van der Waals surface area contributed by atoms with Crippen molar-refractivity contribution in [2.24, 2.45) is 5.41 Å². The van der Waals surface area contributed by atoms with Crippen molar-refractivity contribution in [3.05, 3.63) is 0 Å². The molecule has 15 heavy (non-hydrogen) atoms. The molecule has 0 rings (SSSR count). The van der Waals surface area contributed by atoms with Gasteiger partial charge in [-0.1, -0.05) is 19.8 Å². The van der Waals surface area contributed by atoms with Crippen LogP contribution < -0.4 is 0 Å². The molecule has 0 aliphatic carbocycles. The first-order valence-corrected chi connectivity index (χ1v) is 5.82. The van der Waals surface area contributed by atoms with Crippen LogP contribution in [0.4, 0.5) is 0 Å². The van der Waals surface area contributed by atoms with Gasteiger partial charge in [0.15, 0.2) is 0 Å². The molecule has 3 heteroatoms. The number of aliphatic carboxylic acids is 1. The van der Waals surface area contributed by atoms with Crippen LogP contribution in [0.5, 0.6) is 0 Å². The summed E-state index contributed by atoms with van der Waals surface area (Å²) in [5, 5.41) is 8.95. The molecule has 0 unspecified atom stereocenters. The summed E-state index contributed by atoms with van der Waals surface area (Å²) in [4.78, 5) is 13.1. The molecular weight excluding hydrogens is 190 g/mol. The topological polar surface area (TPSA) is 40.5 Å². The molecule has 3 nitrogen and oxygen atoms in total. The second-order valence-electron chi connectivity index (χ2n) is 4.95. The third-order valence-electron chi connectivity index (χ3n) is 2.84. The normalized spacial score (nSPS) is 12.1. The molecule has 0 aromatic heterocycles. The van der Waals surface area contributed by atoms with Crippen molar-refractivity contribution < 1.29 is 9.90 Å². The van der Waals surface area contributed by atoms with Gasteiger partial charge in [-0.05, 0) is 46.8 Å². The fourth-order valence-corrected chi connectivity index (χ4v) is 1.32. The van der Waals surface area contributed by atoms with Crippen LogP contribution >= 0.6 is 0 Å². The fourth-order valence-electron chi connectivity index (χ4n) is 1.32. The first-order chi connectivity index (χ1) is 6.90. The summed E-state index contributed by atoms with van der Waals surface area (Å²) in [5.74, 6) is -0.704. The van der Waals surface area contributed by atoms with Crippen molar-refractivity contribution in [3.8, 4) is 0 Å². The Bertz CT molecular complexity index is 190. The van der Waals surface area contributed by atoms with E-state index < -0.39 is 11.4 Å². The van der Waals surface area contributed by atoms with Crippen LogP contribution in [-0.4, -0.2) is 36.1 Å². The van der Waals surface area contributed by atoms with Crippen molar-refractivity contribution in [1.29, 1.82) is 0 Å². The number of nitrogens with zero attached hydrogens (tertiary/aromatic N) is 1. The Morgan fingerprint density at radius 3 is 2.33 bits per heavy atom. The van der Waals surface area contributed by atoms with Crippen LogP contribution in [-0.2, 0) is 4.79 Å². The maximum Gasteiger partial charge on any atom is 0.309 e. The van der Waals surface area contributed by atoms with Gasteiger partial charge in [0.2, 0.25) is 0 Å². The maximum absolute atomic E-state index is 10.9. The number of carboxylic acids is 1. The lowest BCUT2D eigenvalue weighted by atomic mass is 9.89. The van der Waals surface area contributed by atoms with E-state index in [0.717, 1.165) is 13.1 Å². The standard InChI is InChI=1S/C12H25NO2/c1-5-6-7-9-13(4)10-8-12(2,3)11(14)15/h5-10H2,1-4H3,(H,14,15). The molecular formula is C12H25NO2. The highest BCUT2D eigenvalue weighted by Gasteiger charge is 2.26. The SMILES string of the molecule is CCCCCN(C)CCC(C)(C)C(=O)O. The van der Waals surface area contributed by atoms with E-state index in [4.69, 9.17) is 5.11 Å². The minimum atomic E-state index is -0.704. The largest absolute Gasteiger partial charge is 0.481 e. The first kappa shape index (κ1) is 14.4. The Morgan fingerprint density at radius 2 is 1.87 bits per heavy atom. The molecule has 0 aliphatic heterocycles. The quantitative estimate of drug-likeness (QED) is 0.633. The fraction of sp³-hybridized carbons (Fsp3) is 0.917. The highest BCUT2D eigenvalue weighted by molar-refractivity contribution is 5.73. The molecule has 0 atom stereocenters. The van der Waals surface area contributed by atoms with Crippen LogP contribution in [0.2, 0.25) is 0 Å². The average molecular weight is 215 g/mol. The van der Waals surface area contributed by atoms with E-state index in [2.05, 4.69) is 18.9 Å². The second-order valence-corrected chi connectivity index (χ2v) is 4.95. The molecule has 0 aromatic rings. The lowest BCUT2D eigenvalue weighted by Crippen LogP contribution is -2.30. The van der Waals surface area contributed by atoms with Gasteiger partial charge in [-0.2, -0.15) is 0 Å². The molecule has 0 aromatic carbocycles. The van der Waals surface area contributed by atoms with E-state index in [9.17, 15) is 4.79 Å². The van der Waals surface area contributed by atoms with Crippen molar-refractivity contribution in [2.75, 3.05) is 20.1 Å². The second kappa shape index (κ2) is 6.83. The van der Waals surface area contributed by atoms with Gasteiger partial charge >= 0.3 is 5.97 Å². The van der Waals surface area contributed by atoms with Crippen LogP contribution in [0.25, 0.3) is 0 Å². The number of carboxylic acid groups (broad SMARTS) is 1. The van der Waals surface area contributed by atoms with Gasteiger partial charge in [0.25, 0.3) is 0 Å². The number of rotatable bonds is 8. The highest BCUT2D eigenvalue weighted by Crippen LogP contribution is 2.20. The predicted octanol–water partition coefficient (Wildman–Crippen LogP) is 2.61. The van der Waals surface area contributed by atoms with E-state index >= 15 is 0 Å². The summed E-state index contributed by atoms with van der Waals surface area (Å²) in [5.41, 5.74) is -0.598. The van der Waals surface area contributed by atoms with Crippen molar-refractivity contribution in [3.63, 3.8) is 0 Å². The molecule has 0 saturated heterocycles. The van der Waals surface area contributed by atoms with E-state index in [-0.39, 0.29) is 0 Å². The molecule has 0 amide bonds. The number of unbranched alkanes of at least 4 members (excludes halogenated alkanes) is 2. The summed E-state index contributed by atoms with van der Waals surface area (Å²) >= 11 is 0. The number of hydrogen-bond acceptors (Lipinski definition) is 2. The Kier molecular flexibility index (Phi) is 6.57. The third-order valence-corrected chi connectivity index (χ3v) is 2.84. The molecule has 90 valence electrons. The molecule has 0 saturated carbocycles. The lowest BCUT2D eigenvalue weighted by Gasteiger charge is -2.23. The molecule has 0 radical (unpaired) electrons. The molecule has 0 heterocycles. The molecule has 1 N–H and O–H groups in total. The van der Waals surface area contributed by atoms with Gasteiger partial charge < -0.3 is 10.0 Å². The van der Waals surface area contributed by atoms with Gasteiger partial charge in [0.1, 0.15) is 0 Å². The van der Waals surface area contributed by atoms with Gasteiger partial charge in [0, 0.05) is 0 Å². The lowest BCUT2D eigenvalue weighted by molar-refractivity contribution is -0.147. The smallest absolute Gasteiger partial charge is 0.309 e. The Hall–Kier alpha value is -0.570. The average Bonchev–Trinajstić information content (AvgIpc) is 2.15. The molecule has 0 aliphatic rings. The van der Waals surface area contributed by atoms with Crippen molar-refractivity contribution in [2.45, 2.75) is 46.5 Å². The zero-order valence-corrected chi connectivity index (χ0v) is 10.5. The third kappa shape index (κ3) is 6.50. The Balaban J connectivity index is 3.70. The van der Waals surface area contributed by atoms with Gasteiger partial charge in [-0.25, -0.2) is 0 Å². The first-order valence-electron chi connectivity index (χ1n) is 5.82. The van der Waals surface area contributed by atoms with E-state index in [1.807, 2.05) is 0 Å². The molecule has 0 spiro atoms. The zero-order valence-electron chi connectivity index (χ0n) is 10.5. The summed E-state index contributed by atoms with van der Waals surface area (Å²) < 4.78 is 0. The number of carbonyl (C=O) groups is 1. The number of hydrogen-bond donors (Lipinski definition) is 1. The van der Waals surface area contributed by atoms with Crippen LogP contribution in [0.3, 0.4) is 0 Å². The summed E-state index contributed by atoms with van der Waals surface area (Å²) in [7, 11) is 2.06. The van der Waals surface area contributed by atoms with E-state index in [0.29, 0.717) is 6.42 Å². The summed E-state index contributed by atoms with van der Waals surface area (Å²) in [6.45, 7) is 7.70. The van der Waals surface area contributed by atoms with Gasteiger partial charge in [-0.3, -0.25) is 4.79 Å². The predicted molar refractivity (Wildman–Crippen MR) is 63.1 cm³/mol. The summed E-state index contributed by atoms with van der Waals surface area (Å²) in [6.07, 6.45) is 4.41. The van der Waals surface area contributed by atoms with Crippen LogP contribution in [0.1, 0.15) is 46.5 Å². The molecule has 0 bridgehead atoms. The Labute approximate surface area is 93.5 Å². The summed E-state index contributed by atoms with van der Waals surface area (Å²) in [6, 6.07) is 0. The van der Waals surface area contributed by atoms with Crippen LogP contribution in [0, 0.1) is 5.41 Å². The van der Waals surface area contributed by atoms with Gasteiger partial charge in [-0.15, -0.1) is 0 Å². The Morgan fingerprint density at radius 1 is 1.27 bits per heavy atom. The van der Waals surface area contributed by atoms with Crippen LogP contribution in [0.15, 0.2) is 0 Å². The highest BCUT2D eigenvalue weighted by atomic mass is 16.4. The minimum Gasteiger partial charge on any atom is -0.481 e. The van der Waals surface area contributed by atoms with E-state index in [1.54, 1.807) is 13.8 Å². The van der Waals surface area contributed by atoms with Crippen molar-refractivity contribution in [1.82, 2.24) is 4.90 Å². The maximum atomic E-state index is 10.9. The molecule has 0 fully saturated rings. The van der Waals surface area contributed by atoms with Crippen molar-refractivity contribution >= 4 is 5.97 Å². The minimum absolute atomic E-state index is 0.598. The van der Waals surface area contributed by atoms with E-state index in [1.165, 1.54) is 19.3 Å². The monoisotopic (exact) mass is 215 g/mol. The zero-order chi connectivity index (χ0) is 11.9. The van der Waals surface area contributed by atoms with Gasteiger partial charge in [0.05, 0.1) is 5.41 Å².